The lowest BCUT2D eigenvalue weighted by Crippen LogP contribution is -2.38. The molecule has 0 aliphatic carbocycles. The van der Waals surface area contributed by atoms with Gasteiger partial charge in [0.1, 0.15) is 0 Å². The summed E-state index contributed by atoms with van der Waals surface area (Å²) in [6.07, 6.45) is 0. The topological polar surface area (TPSA) is 122 Å². The number of nitrogen functional groups attached to an aromatic ring is 1. The predicted octanol–water partition coefficient (Wildman–Crippen LogP) is 4.57. The number of para-hydroxylation sites is 1. The summed E-state index contributed by atoms with van der Waals surface area (Å²) in [5.41, 5.74) is 8.05. The van der Waals surface area contributed by atoms with Crippen LogP contribution in [0.15, 0.2) is 108 Å². The van der Waals surface area contributed by atoms with E-state index < -0.39 is 20.2 Å². The Morgan fingerprint density at radius 2 is 1.35 bits per heavy atom. The molecule has 0 radical (unpaired) electrons. The maximum Gasteiger partial charge on any atom is 0.306 e. The quantitative estimate of drug-likeness (QED) is 0.247. The highest BCUT2D eigenvalue weighted by Gasteiger charge is 2.27. The summed E-state index contributed by atoms with van der Waals surface area (Å²) in [4.78, 5) is -0.108. The van der Waals surface area contributed by atoms with Gasteiger partial charge in [0.25, 0.3) is 0 Å². The molecular weight excluding hydrogens is 532 g/mol. The van der Waals surface area contributed by atoms with E-state index in [1.165, 1.54) is 18.2 Å². The third-order valence-corrected chi connectivity index (χ3v) is 8.64. The van der Waals surface area contributed by atoms with E-state index in [2.05, 4.69) is 9.44 Å². The van der Waals surface area contributed by atoms with Crippen molar-refractivity contribution in [2.75, 3.05) is 10.0 Å². The van der Waals surface area contributed by atoms with Crippen molar-refractivity contribution in [1.29, 1.82) is 0 Å². The smallest absolute Gasteiger partial charge is 0.306 e. The second kappa shape index (κ2) is 11.3. The fraction of sp³-hybridized carbons (Fsp3) is 0.0769. The lowest BCUT2D eigenvalue weighted by molar-refractivity contribution is 0.580. The molecule has 0 aromatic heterocycles. The minimum absolute atomic E-state index is 0.0163. The number of rotatable bonds is 10. The van der Waals surface area contributed by atoms with E-state index in [4.69, 9.17) is 17.3 Å². The zero-order valence-electron chi connectivity index (χ0n) is 19.6. The molecular formula is C26H25ClN4O4S2. The average molecular weight is 557 g/mol. The average Bonchev–Trinajstić information content (AvgIpc) is 2.89. The second-order valence-corrected chi connectivity index (χ2v) is 11.8. The van der Waals surface area contributed by atoms with Gasteiger partial charge >= 0.3 is 10.2 Å². The van der Waals surface area contributed by atoms with Gasteiger partial charge in [0.2, 0.25) is 10.0 Å². The Balaban J connectivity index is 1.64. The van der Waals surface area contributed by atoms with Gasteiger partial charge in [-0.25, -0.2) is 17.4 Å². The molecule has 4 rings (SSSR count). The Kier molecular flexibility index (Phi) is 8.16. The first-order valence-electron chi connectivity index (χ1n) is 11.2. The fourth-order valence-corrected chi connectivity index (χ4v) is 6.13. The number of hydrogen-bond donors (Lipinski definition) is 3. The van der Waals surface area contributed by atoms with Crippen LogP contribution < -0.4 is 19.5 Å². The summed E-state index contributed by atoms with van der Waals surface area (Å²) < 4.78 is 58.9. The van der Waals surface area contributed by atoms with E-state index in [0.29, 0.717) is 16.3 Å². The lowest BCUT2D eigenvalue weighted by atomic mass is 10.2. The Morgan fingerprint density at radius 1 is 0.730 bits per heavy atom. The van der Waals surface area contributed by atoms with Gasteiger partial charge in [-0.2, -0.15) is 13.1 Å². The van der Waals surface area contributed by atoms with Crippen LogP contribution in [0.4, 0.5) is 17.1 Å². The number of hydrogen-bond acceptors (Lipinski definition) is 5. The first-order chi connectivity index (χ1) is 17.7. The van der Waals surface area contributed by atoms with E-state index in [1.807, 2.05) is 18.2 Å². The Hall–Kier alpha value is -3.41. The Bertz CT molecular complexity index is 1580. The van der Waals surface area contributed by atoms with Gasteiger partial charge in [0, 0.05) is 18.1 Å². The summed E-state index contributed by atoms with van der Waals surface area (Å²) in [5.74, 6) is 0. The van der Waals surface area contributed by atoms with Crippen LogP contribution in [0.2, 0.25) is 5.02 Å². The molecule has 192 valence electrons. The van der Waals surface area contributed by atoms with Gasteiger partial charge in [0.05, 0.1) is 22.0 Å². The maximum absolute atomic E-state index is 13.4. The molecule has 8 nitrogen and oxygen atoms in total. The van der Waals surface area contributed by atoms with E-state index in [1.54, 1.807) is 66.7 Å². The molecule has 0 heterocycles. The summed E-state index contributed by atoms with van der Waals surface area (Å²) in [7, 11) is -8.08. The van der Waals surface area contributed by atoms with Crippen molar-refractivity contribution in [2.24, 2.45) is 0 Å². The summed E-state index contributed by atoms with van der Waals surface area (Å²) in [6, 6.07) is 28.3. The third-order valence-electron chi connectivity index (χ3n) is 5.47. The monoisotopic (exact) mass is 556 g/mol. The molecule has 37 heavy (non-hydrogen) atoms. The molecule has 0 fully saturated rings. The molecule has 0 amide bonds. The Morgan fingerprint density at radius 3 is 2.00 bits per heavy atom. The zero-order valence-corrected chi connectivity index (χ0v) is 22.0. The molecule has 0 saturated heterocycles. The number of nitrogens with zero attached hydrogens (tertiary/aromatic N) is 1. The Labute approximate surface area is 221 Å². The molecule has 0 saturated carbocycles. The van der Waals surface area contributed by atoms with Crippen molar-refractivity contribution in [2.45, 2.75) is 18.0 Å². The van der Waals surface area contributed by atoms with E-state index in [-0.39, 0.29) is 29.4 Å². The maximum atomic E-state index is 13.4. The second-order valence-electron chi connectivity index (χ2n) is 8.05. The third kappa shape index (κ3) is 6.48. The van der Waals surface area contributed by atoms with Crippen LogP contribution in [0.3, 0.4) is 0 Å². The molecule has 4 aromatic carbocycles. The summed E-state index contributed by atoms with van der Waals surface area (Å²) in [5, 5.41) is 0.437. The number of nitrogens with one attached hydrogen (secondary N) is 2. The van der Waals surface area contributed by atoms with Gasteiger partial charge in [0.15, 0.2) is 0 Å². The number of nitrogens with two attached hydrogens (primary N) is 1. The molecule has 4 N–H and O–H groups in total. The van der Waals surface area contributed by atoms with Crippen LogP contribution in [-0.2, 0) is 33.3 Å². The summed E-state index contributed by atoms with van der Waals surface area (Å²) in [6.45, 7) is 0.0441. The van der Waals surface area contributed by atoms with Gasteiger partial charge in [-0.1, -0.05) is 78.3 Å². The summed E-state index contributed by atoms with van der Waals surface area (Å²) >= 11 is 6.12. The van der Waals surface area contributed by atoms with Crippen molar-refractivity contribution in [3.05, 3.63) is 119 Å². The first kappa shape index (κ1) is 26.6. The molecule has 0 bridgehead atoms. The van der Waals surface area contributed by atoms with E-state index in [9.17, 15) is 16.8 Å². The highest BCUT2D eigenvalue weighted by Crippen LogP contribution is 2.34. The van der Waals surface area contributed by atoms with Crippen molar-refractivity contribution in [3.8, 4) is 0 Å². The van der Waals surface area contributed by atoms with Crippen molar-refractivity contribution < 1.29 is 16.8 Å². The van der Waals surface area contributed by atoms with Crippen molar-refractivity contribution in [3.63, 3.8) is 0 Å². The normalized spacial score (nSPS) is 11.8. The van der Waals surface area contributed by atoms with Crippen molar-refractivity contribution in [1.82, 2.24) is 9.44 Å². The molecule has 4 aromatic rings. The number of anilines is 3. The van der Waals surface area contributed by atoms with Crippen LogP contribution >= 0.6 is 11.6 Å². The highest BCUT2D eigenvalue weighted by molar-refractivity contribution is 7.91. The molecule has 0 atom stereocenters. The molecule has 0 spiro atoms. The molecule has 0 aliphatic rings. The van der Waals surface area contributed by atoms with Crippen molar-refractivity contribution >= 4 is 48.9 Å². The largest absolute Gasteiger partial charge is 0.397 e. The highest BCUT2D eigenvalue weighted by atomic mass is 35.5. The van der Waals surface area contributed by atoms with Crippen LogP contribution in [0, 0.1) is 0 Å². The first-order valence-corrected chi connectivity index (χ1v) is 14.5. The lowest BCUT2D eigenvalue weighted by Gasteiger charge is -2.26. The van der Waals surface area contributed by atoms with Gasteiger partial charge in [-0.3, -0.25) is 0 Å². The number of halogens is 1. The van der Waals surface area contributed by atoms with Crippen LogP contribution in [0.5, 0.6) is 0 Å². The van der Waals surface area contributed by atoms with Crippen LogP contribution in [0.1, 0.15) is 11.1 Å². The minimum Gasteiger partial charge on any atom is -0.397 e. The zero-order chi connectivity index (χ0) is 26.5. The molecule has 0 unspecified atom stereocenters. The predicted molar refractivity (Wildman–Crippen MR) is 147 cm³/mol. The van der Waals surface area contributed by atoms with E-state index >= 15 is 0 Å². The van der Waals surface area contributed by atoms with Crippen LogP contribution in [0.25, 0.3) is 0 Å². The van der Waals surface area contributed by atoms with Crippen LogP contribution in [-0.4, -0.2) is 16.8 Å². The number of sulfonamides is 1. The van der Waals surface area contributed by atoms with Gasteiger partial charge in [-0.05, 0) is 47.5 Å². The molecule has 11 heteroatoms. The standard InChI is InChI=1S/C26H25ClN4O4S2/c27-24-14-8-7-11-21(24)19-29-36(32,33)23-15-16-26(25(28)17-23)31(22-12-5-2-6-13-22)37(34,35)30-18-20-9-3-1-4-10-20/h1-17,29-30H,18-19,28H2. The minimum atomic E-state index is -4.12. The fourth-order valence-electron chi connectivity index (χ4n) is 3.59. The van der Waals surface area contributed by atoms with Gasteiger partial charge < -0.3 is 5.73 Å². The number of benzene rings is 4. The molecule has 0 aliphatic heterocycles. The van der Waals surface area contributed by atoms with E-state index in [0.717, 1.165) is 9.87 Å². The SMILES string of the molecule is Nc1cc(S(=O)(=O)NCc2ccccc2Cl)ccc1N(c1ccccc1)S(=O)(=O)NCc1ccccc1. The van der Waals surface area contributed by atoms with Gasteiger partial charge in [-0.15, -0.1) is 0 Å².